The lowest BCUT2D eigenvalue weighted by Gasteiger charge is -2.21. The summed E-state index contributed by atoms with van der Waals surface area (Å²) in [7, 11) is 0. The number of thiocarbonyl (C=S) groups is 1. The highest BCUT2D eigenvalue weighted by molar-refractivity contribution is 7.80. The Morgan fingerprint density at radius 1 is 1.29 bits per heavy atom. The zero-order valence-corrected chi connectivity index (χ0v) is 12.7. The number of nitrogens with two attached hydrogens (primary N) is 1. The van der Waals surface area contributed by atoms with Crippen molar-refractivity contribution in [3.8, 4) is 0 Å². The van der Waals surface area contributed by atoms with E-state index in [4.69, 9.17) is 18.0 Å². The van der Waals surface area contributed by atoms with Crippen molar-refractivity contribution in [2.24, 2.45) is 5.73 Å². The maximum absolute atomic E-state index is 13.4. The van der Waals surface area contributed by atoms with Crippen molar-refractivity contribution in [3.63, 3.8) is 0 Å². The van der Waals surface area contributed by atoms with Gasteiger partial charge in [-0.3, -0.25) is 0 Å². The average molecular weight is 300 g/mol. The van der Waals surface area contributed by atoms with Gasteiger partial charge in [-0.1, -0.05) is 30.4 Å². The molecule has 21 heavy (non-hydrogen) atoms. The van der Waals surface area contributed by atoms with E-state index >= 15 is 0 Å². The van der Waals surface area contributed by atoms with Gasteiger partial charge in [-0.05, 0) is 48.2 Å². The minimum absolute atomic E-state index is 0.179. The first-order valence-electron chi connectivity index (χ1n) is 6.97. The molecular formula is C17H17FN2S. The van der Waals surface area contributed by atoms with Crippen LogP contribution in [0.1, 0.15) is 22.3 Å². The van der Waals surface area contributed by atoms with Gasteiger partial charge in [-0.25, -0.2) is 4.39 Å². The smallest absolute Gasteiger partial charge is 0.125 e. The van der Waals surface area contributed by atoms with Gasteiger partial charge in [0.2, 0.25) is 0 Å². The SMILES string of the molecule is Cc1cc(C(N)=S)ccc1CN1CCc2ccc(F)cc21. The Labute approximate surface area is 129 Å². The molecule has 108 valence electrons. The molecule has 1 aliphatic rings. The van der Waals surface area contributed by atoms with Gasteiger partial charge in [-0.2, -0.15) is 0 Å². The fourth-order valence-electron chi connectivity index (χ4n) is 2.82. The monoisotopic (exact) mass is 300 g/mol. The van der Waals surface area contributed by atoms with E-state index in [1.807, 2.05) is 18.2 Å². The number of fused-ring (bicyclic) bond motifs is 1. The van der Waals surface area contributed by atoms with E-state index in [1.165, 1.54) is 17.2 Å². The first kappa shape index (κ1) is 14.0. The van der Waals surface area contributed by atoms with Gasteiger partial charge >= 0.3 is 0 Å². The van der Waals surface area contributed by atoms with E-state index < -0.39 is 0 Å². The first-order valence-corrected chi connectivity index (χ1v) is 7.38. The lowest BCUT2D eigenvalue weighted by molar-refractivity contribution is 0.627. The summed E-state index contributed by atoms with van der Waals surface area (Å²) < 4.78 is 13.4. The topological polar surface area (TPSA) is 29.3 Å². The largest absolute Gasteiger partial charge is 0.389 e. The van der Waals surface area contributed by atoms with Crippen molar-refractivity contribution in [2.75, 3.05) is 11.4 Å². The molecule has 2 N–H and O–H groups in total. The standard InChI is InChI=1S/C17H17FN2S/c1-11-8-13(17(19)21)2-3-14(11)10-20-7-6-12-4-5-15(18)9-16(12)20/h2-5,8-9H,6-7,10H2,1H3,(H2,19,21). The number of rotatable bonds is 3. The zero-order chi connectivity index (χ0) is 15.0. The molecular weight excluding hydrogens is 283 g/mol. The Morgan fingerprint density at radius 2 is 2.10 bits per heavy atom. The second-order valence-electron chi connectivity index (χ2n) is 5.45. The predicted octanol–water partition coefficient (Wildman–Crippen LogP) is 3.33. The normalized spacial score (nSPS) is 13.3. The summed E-state index contributed by atoms with van der Waals surface area (Å²) in [6.07, 6.45) is 0.972. The van der Waals surface area contributed by atoms with Crippen LogP contribution in [-0.2, 0) is 13.0 Å². The number of benzene rings is 2. The van der Waals surface area contributed by atoms with Crippen molar-refractivity contribution >= 4 is 22.9 Å². The summed E-state index contributed by atoms with van der Waals surface area (Å²) >= 11 is 5.00. The lowest BCUT2D eigenvalue weighted by atomic mass is 10.0. The Bertz CT molecular complexity index is 712. The van der Waals surface area contributed by atoms with Crippen molar-refractivity contribution in [3.05, 3.63) is 64.5 Å². The molecule has 2 nitrogen and oxygen atoms in total. The molecule has 1 aliphatic heterocycles. The Hall–Kier alpha value is -1.94. The van der Waals surface area contributed by atoms with Crippen molar-refractivity contribution in [2.45, 2.75) is 19.9 Å². The van der Waals surface area contributed by atoms with Gasteiger partial charge in [0.25, 0.3) is 0 Å². The minimum Gasteiger partial charge on any atom is -0.389 e. The van der Waals surface area contributed by atoms with Crippen LogP contribution in [-0.4, -0.2) is 11.5 Å². The predicted molar refractivity (Wildman–Crippen MR) is 88.2 cm³/mol. The molecule has 0 aromatic heterocycles. The summed E-state index contributed by atoms with van der Waals surface area (Å²) in [5, 5.41) is 0. The maximum Gasteiger partial charge on any atom is 0.125 e. The van der Waals surface area contributed by atoms with Crippen molar-refractivity contribution in [1.82, 2.24) is 0 Å². The fourth-order valence-corrected chi connectivity index (χ4v) is 2.94. The first-order chi connectivity index (χ1) is 10.0. The van der Waals surface area contributed by atoms with Gasteiger partial charge in [0.1, 0.15) is 10.8 Å². The van der Waals surface area contributed by atoms with Gasteiger partial charge in [0, 0.05) is 24.3 Å². The van der Waals surface area contributed by atoms with Gasteiger partial charge in [-0.15, -0.1) is 0 Å². The van der Waals surface area contributed by atoms with Gasteiger partial charge < -0.3 is 10.6 Å². The Morgan fingerprint density at radius 3 is 2.81 bits per heavy atom. The lowest BCUT2D eigenvalue weighted by Crippen LogP contribution is -2.20. The number of anilines is 1. The third-order valence-corrected chi connectivity index (χ3v) is 4.26. The van der Waals surface area contributed by atoms with Crippen LogP contribution >= 0.6 is 12.2 Å². The van der Waals surface area contributed by atoms with E-state index in [9.17, 15) is 4.39 Å². The number of hydrogen-bond donors (Lipinski definition) is 1. The number of nitrogens with zero attached hydrogens (tertiary/aromatic N) is 1. The minimum atomic E-state index is -0.179. The van der Waals surface area contributed by atoms with E-state index in [2.05, 4.69) is 17.9 Å². The summed E-state index contributed by atoms with van der Waals surface area (Å²) in [6, 6.07) is 11.1. The molecule has 0 spiro atoms. The second kappa shape index (κ2) is 5.45. The van der Waals surface area contributed by atoms with Crippen molar-refractivity contribution < 1.29 is 4.39 Å². The van der Waals surface area contributed by atoms with E-state index in [1.54, 1.807) is 6.07 Å². The Balaban J connectivity index is 1.86. The van der Waals surface area contributed by atoms with E-state index in [-0.39, 0.29) is 5.82 Å². The molecule has 0 fully saturated rings. The van der Waals surface area contributed by atoms with Crippen LogP contribution in [0.2, 0.25) is 0 Å². The third kappa shape index (κ3) is 2.76. The molecule has 3 rings (SSSR count). The molecule has 1 heterocycles. The summed E-state index contributed by atoms with van der Waals surface area (Å²) in [6.45, 7) is 3.76. The number of hydrogen-bond acceptors (Lipinski definition) is 2. The molecule has 0 amide bonds. The molecule has 0 saturated heterocycles. The average Bonchev–Trinajstić information content (AvgIpc) is 2.83. The highest BCUT2D eigenvalue weighted by atomic mass is 32.1. The molecule has 4 heteroatoms. The molecule has 2 aromatic rings. The fraction of sp³-hybridized carbons (Fsp3) is 0.235. The molecule has 0 aliphatic carbocycles. The third-order valence-electron chi connectivity index (χ3n) is 4.03. The zero-order valence-electron chi connectivity index (χ0n) is 11.9. The van der Waals surface area contributed by atoms with Crippen LogP contribution in [0.4, 0.5) is 10.1 Å². The summed E-state index contributed by atoms with van der Waals surface area (Å²) in [4.78, 5) is 2.64. The molecule has 0 saturated carbocycles. The van der Waals surface area contributed by atoms with Crippen LogP contribution in [0.25, 0.3) is 0 Å². The second-order valence-corrected chi connectivity index (χ2v) is 5.89. The van der Waals surface area contributed by atoms with Crippen LogP contribution in [0.3, 0.4) is 0 Å². The molecule has 0 unspecified atom stereocenters. The van der Waals surface area contributed by atoms with Crippen LogP contribution < -0.4 is 10.6 Å². The van der Waals surface area contributed by atoms with Crippen LogP contribution in [0.15, 0.2) is 36.4 Å². The van der Waals surface area contributed by atoms with Crippen LogP contribution in [0.5, 0.6) is 0 Å². The summed E-state index contributed by atoms with van der Waals surface area (Å²) in [5.41, 5.74) is 11.1. The number of aryl methyl sites for hydroxylation is 1. The van der Waals surface area contributed by atoms with Gasteiger partial charge in [0.05, 0.1) is 0 Å². The van der Waals surface area contributed by atoms with E-state index in [0.29, 0.717) is 4.99 Å². The summed E-state index contributed by atoms with van der Waals surface area (Å²) in [5.74, 6) is -0.179. The molecule has 2 aromatic carbocycles. The molecule has 0 radical (unpaired) electrons. The molecule has 0 atom stereocenters. The number of halogens is 1. The molecule has 0 bridgehead atoms. The highest BCUT2D eigenvalue weighted by Crippen LogP contribution is 2.30. The van der Waals surface area contributed by atoms with Crippen LogP contribution in [0, 0.1) is 12.7 Å². The van der Waals surface area contributed by atoms with Gasteiger partial charge in [0.15, 0.2) is 0 Å². The van der Waals surface area contributed by atoms with Crippen molar-refractivity contribution in [1.29, 1.82) is 0 Å². The maximum atomic E-state index is 13.4. The quantitative estimate of drug-likeness (QED) is 0.882. The Kier molecular flexibility index (Phi) is 3.64. The van der Waals surface area contributed by atoms with E-state index in [0.717, 1.165) is 36.3 Å². The highest BCUT2D eigenvalue weighted by Gasteiger charge is 2.20.